The third kappa shape index (κ3) is 3.51. The highest BCUT2D eigenvalue weighted by atomic mass is 32.1. The molecule has 0 saturated heterocycles. The number of hydrogen-bond donors (Lipinski definition) is 2. The Kier molecular flexibility index (Phi) is 4.08. The van der Waals surface area contributed by atoms with Crippen LogP contribution in [0.25, 0.3) is 0 Å². The number of anilines is 1. The Labute approximate surface area is 93.4 Å². The zero-order valence-electron chi connectivity index (χ0n) is 9.15. The van der Waals surface area contributed by atoms with Crippen LogP contribution in [-0.4, -0.2) is 22.6 Å². The van der Waals surface area contributed by atoms with E-state index in [0.717, 1.165) is 6.54 Å². The molecule has 0 aliphatic rings. The van der Waals surface area contributed by atoms with E-state index in [1.165, 1.54) is 11.3 Å². The number of nitrogens with zero attached hydrogens (tertiary/aromatic N) is 1. The molecule has 4 nitrogen and oxygen atoms in total. The molecule has 2 N–H and O–H groups in total. The van der Waals surface area contributed by atoms with E-state index in [1.807, 2.05) is 0 Å². The van der Waals surface area contributed by atoms with Crippen LogP contribution < -0.4 is 5.32 Å². The van der Waals surface area contributed by atoms with Crippen molar-refractivity contribution in [2.24, 2.45) is 11.8 Å². The number of nitrogens with one attached hydrogen (secondary N) is 1. The van der Waals surface area contributed by atoms with Crippen LogP contribution in [0.5, 0.6) is 0 Å². The number of carboxylic acid groups (broad SMARTS) is 1. The van der Waals surface area contributed by atoms with Crippen molar-refractivity contribution in [1.29, 1.82) is 0 Å². The van der Waals surface area contributed by atoms with Gasteiger partial charge in [-0.3, -0.25) is 0 Å². The van der Waals surface area contributed by atoms with Crippen molar-refractivity contribution >= 4 is 22.4 Å². The molecule has 1 unspecified atom stereocenters. The second-order valence-corrected chi connectivity index (χ2v) is 4.80. The molecular formula is C10H16N2O2S. The van der Waals surface area contributed by atoms with E-state index in [4.69, 9.17) is 5.11 Å². The predicted octanol–water partition coefficient (Wildman–Crippen LogP) is 2.55. The summed E-state index contributed by atoms with van der Waals surface area (Å²) in [7, 11) is 0. The lowest BCUT2D eigenvalue weighted by molar-refractivity contribution is 0.0691. The van der Waals surface area contributed by atoms with E-state index in [2.05, 4.69) is 31.1 Å². The summed E-state index contributed by atoms with van der Waals surface area (Å²) in [6.45, 7) is 7.31. The largest absolute Gasteiger partial charge is 0.476 e. The van der Waals surface area contributed by atoms with Gasteiger partial charge in [0.1, 0.15) is 0 Å². The van der Waals surface area contributed by atoms with Gasteiger partial charge in [-0.05, 0) is 11.8 Å². The fraction of sp³-hybridized carbons (Fsp3) is 0.600. The van der Waals surface area contributed by atoms with Gasteiger partial charge in [0.15, 0.2) is 10.8 Å². The maximum Gasteiger partial charge on any atom is 0.355 e. The summed E-state index contributed by atoms with van der Waals surface area (Å²) < 4.78 is 0. The van der Waals surface area contributed by atoms with Crippen molar-refractivity contribution in [2.45, 2.75) is 20.8 Å². The maximum absolute atomic E-state index is 10.6. The summed E-state index contributed by atoms with van der Waals surface area (Å²) in [4.78, 5) is 14.5. The molecule has 1 aromatic rings. The molecule has 0 aromatic carbocycles. The van der Waals surface area contributed by atoms with Crippen LogP contribution in [0.15, 0.2) is 5.38 Å². The Morgan fingerprint density at radius 1 is 1.60 bits per heavy atom. The van der Waals surface area contributed by atoms with Crippen LogP contribution in [0.1, 0.15) is 31.3 Å². The minimum atomic E-state index is -0.976. The molecule has 5 heteroatoms. The second kappa shape index (κ2) is 5.11. The molecule has 1 heterocycles. The van der Waals surface area contributed by atoms with Crippen LogP contribution in [0, 0.1) is 11.8 Å². The van der Waals surface area contributed by atoms with Crippen molar-refractivity contribution in [3.8, 4) is 0 Å². The zero-order valence-corrected chi connectivity index (χ0v) is 9.97. The first-order valence-corrected chi connectivity index (χ1v) is 5.81. The van der Waals surface area contributed by atoms with Gasteiger partial charge in [0.25, 0.3) is 0 Å². The second-order valence-electron chi connectivity index (χ2n) is 3.95. The van der Waals surface area contributed by atoms with E-state index >= 15 is 0 Å². The van der Waals surface area contributed by atoms with Gasteiger partial charge >= 0.3 is 5.97 Å². The number of thiazole rings is 1. The summed E-state index contributed by atoms with van der Waals surface area (Å²) in [5.41, 5.74) is 0.111. The summed E-state index contributed by atoms with van der Waals surface area (Å²) in [5.74, 6) is 0.176. The Bertz CT molecular complexity index is 336. The molecule has 0 amide bonds. The molecule has 0 saturated carbocycles. The Balaban J connectivity index is 2.48. The van der Waals surface area contributed by atoms with Gasteiger partial charge in [-0.2, -0.15) is 0 Å². The molecule has 0 aliphatic heterocycles. The molecule has 84 valence electrons. The number of carbonyl (C=O) groups is 1. The zero-order chi connectivity index (χ0) is 11.4. The van der Waals surface area contributed by atoms with Crippen LogP contribution in [0.2, 0.25) is 0 Å². The monoisotopic (exact) mass is 228 g/mol. The lowest BCUT2D eigenvalue weighted by Crippen LogP contribution is -2.16. The molecule has 15 heavy (non-hydrogen) atoms. The summed E-state index contributed by atoms with van der Waals surface area (Å²) in [6.07, 6.45) is 0. The summed E-state index contributed by atoms with van der Waals surface area (Å²) in [5, 5.41) is 14.1. The van der Waals surface area contributed by atoms with Crippen LogP contribution >= 0.6 is 11.3 Å². The van der Waals surface area contributed by atoms with Gasteiger partial charge in [0.05, 0.1) is 0 Å². The maximum atomic E-state index is 10.6. The fourth-order valence-electron chi connectivity index (χ4n) is 0.937. The first kappa shape index (κ1) is 12.0. The van der Waals surface area contributed by atoms with E-state index in [9.17, 15) is 4.79 Å². The standard InChI is InChI=1S/C10H16N2O2S/c1-6(2)7(3)4-11-10-12-8(5-15-10)9(13)14/h5-7H,4H2,1-3H3,(H,11,12)(H,13,14). The number of hydrogen-bond acceptors (Lipinski definition) is 4. The number of rotatable bonds is 5. The van der Waals surface area contributed by atoms with Crippen LogP contribution in [0.4, 0.5) is 5.13 Å². The molecule has 1 aromatic heterocycles. The smallest absolute Gasteiger partial charge is 0.355 e. The highest BCUT2D eigenvalue weighted by Gasteiger charge is 2.10. The number of aromatic carboxylic acids is 1. The summed E-state index contributed by atoms with van der Waals surface area (Å²) in [6, 6.07) is 0. The first-order chi connectivity index (χ1) is 7.00. The van der Waals surface area contributed by atoms with Gasteiger partial charge < -0.3 is 10.4 Å². The third-order valence-corrected chi connectivity index (χ3v) is 3.24. The number of carboxylic acids is 1. The number of aromatic nitrogens is 1. The van der Waals surface area contributed by atoms with Gasteiger partial charge in [0.2, 0.25) is 0 Å². The quantitative estimate of drug-likeness (QED) is 0.813. The first-order valence-electron chi connectivity index (χ1n) is 4.93. The SMILES string of the molecule is CC(C)C(C)CNc1nc(C(=O)O)cs1. The minimum Gasteiger partial charge on any atom is -0.476 e. The molecule has 0 spiro atoms. The van der Waals surface area contributed by atoms with Gasteiger partial charge in [-0.1, -0.05) is 20.8 Å². The van der Waals surface area contributed by atoms with Crippen molar-refractivity contribution < 1.29 is 9.90 Å². The molecule has 0 radical (unpaired) electrons. The highest BCUT2D eigenvalue weighted by molar-refractivity contribution is 7.13. The van der Waals surface area contributed by atoms with Gasteiger partial charge in [-0.25, -0.2) is 9.78 Å². The lowest BCUT2D eigenvalue weighted by Gasteiger charge is -2.15. The highest BCUT2D eigenvalue weighted by Crippen LogP contribution is 2.17. The topological polar surface area (TPSA) is 62.2 Å². The van der Waals surface area contributed by atoms with Gasteiger partial charge in [0, 0.05) is 11.9 Å². The van der Waals surface area contributed by atoms with Crippen molar-refractivity contribution in [3.63, 3.8) is 0 Å². The Morgan fingerprint density at radius 2 is 2.27 bits per heavy atom. The molecule has 0 bridgehead atoms. The van der Waals surface area contributed by atoms with Crippen molar-refractivity contribution in [2.75, 3.05) is 11.9 Å². The van der Waals surface area contributed by atoms with E-state index < -0.39 is 5.97 Å². The third-order valence-electron chi connectivity index (χ3n) is 2.44. The summed E-state index contributed by atoms with van der Waals surface area (Å²) >= 11 is 1.33. The normalized spacial score (nSPS) is 12.8. The minimum absolute atomic E-state index is 0.111. The van der Waals surface area contributed by atoms with E-state index in [-0.39, 0.29) is 5.69 Å². The van der Waals surface area contributed by atoms with E-state index in [0.29, 0.717) is 17.0 Å². The molecule has 1 atom stereocenters. The van der Waals surface area contributed by atoms with Crippen molar-refractivity contribution in [3.05, 3.63) is 11.1 Å². The van der Waals surface area contributed by atoms with E-state index in [1.54, 1.807) is 5.38 Å². The average Bonchev–Trinajstić information content (AvgIpc) is 2.62. The average molecular weight is 228 g/mol. The Hall–Kier alpha value is -1.10. The van der Waals surface area contributed by atoms with Crippen molar-refractivity contribution in [1.82, 2.24) is 4.98 Å². The molecule has 0 fully saturated rings. The predicted molar refractivity (Wildman–Crippen MR) is 61.6 cm³/mol. The fourth-order valence-corrected chi connectivity index (χ4v) is 1.63. The van der Waals surface area contributed by atoms with Crippen LogP contribution in [-0.2, 0) is 0 Å². The molecule has 1 rings (SSSR count). The molecule has 0 aliphatic carbocycles. The lowest BCUT2D eigenvalue weighted by atomic mass is 9.98. The Morgan fingerprint density at radius 3 is 2.73 bits per heavy atom. The van der Waals surface area contributed by atoms with Crippen LogP contribution in [0.3, 0.4) is 0 Å². The molecular weight excluding hydrogens is 212 g/mol. The van der Waals surface area contributed by atoms with Gasteiger partial charge in [-0.15, -0.1) is 11.3 Å².